The predicted molar refractivity (Wildman–Crippen MR) is 132 cm³/mol. The van der Waals surface area contributed by atoms with Crippen molar-refractivity contribution in [2.45, 2.75) is 12.1 Å². The van der Waals surface area contributed by atoms with E-state index in [0.717, 1.165) is 43.3 Å². The summed E-state index contributed by atoms with van der Waals surface area (Å²) < 4.78 is 0. The zero-order chi connectivity index (χ0) is 22.5. The number of aromatic nitrogens is 2. The summed E-state index contributed by atoms with van der Waals surface area (Å²) in [6, 6.07) is 31.7. The normalized spacial score (nSPS) is 16.2. The van der Waals surface area contributed by atoms with E-state index in [-0.39, 0.29) is 6.04 Å². The molecule has 1 atom stereocenters. The van der Waals surface area contributed by atoms with Crippen LogP contribution in [0, 0.1) is 0 Å². The Morgan fingerprint density at radius 2 is 1.30 bits per heavy atom. The number of piperazine rings is 1. The molecule has 0 saturated carbocycles. The third kappa shape index (κ3) is 5.06. The fraction of sp³-hybridized carbons (Fsp3) is 0.250. The molecular weight excluding hydrogens is 408 g/mol. The first-order chi connectivity index (χ1) is 16.3. The maximum Gasteiger partial charge on any atom is 0.137 e. The summed E-state index contributed by atoms with van der Waals surface area (Å²) in [5.74, 6) is 0.794. The van der Waals surface area contributed by atoms with Crippen molar-refractivity contribution in [3.8, 4) is 11.4 Å². The number of β-amino-alcohol motifs (C(OH)–C–C–N with tert-alkyl or cyclic N) is 1. The number of nitrogens with one attached hydrogen (secondary N) is 1. The van der Waals surface area contributed by atoms with Gasteiger partial charge < -0.3 is 10.1 Å². The van der Waals surface area contributed by atoms with Gasteiger partial charge in [0.15, 0.2) is 0 Å². The molecule has 5 nitrogen and oxygen atoms in total. The van der Waals surface area contributed by atoms with Gasteiger partial charge in [-0.15, -0.1) is 0 Å². The molecule has 1 aliphatic heterocycles. The molecule has 5 rings (SSSR count). The zero-order valence-corrected chi connectivity index (χ0v) is 18.7. The van der Waals surface area contributed by atoms with E-state index in [9.17, 15) is 5.11 Å². The predicted octanol–water partition coefficient (Wildman–Crippen LogP) is 4.52. The molecule has 2 heterocycles. The van der Waals surface area contributed by atoms with E-state index in [1.807, 2.05) is 30.3 Å². The second kappa shape index (κ2) is 10.1. The highest BCUT2D eigenvalue weighted by molar-refractivity contribution is 5.54. The van der Waals surface area contributed by atoms with Gasteiger partial charge in [-0.25, -0.2) is 4.98 Å². The van der Waals surface area contributed by atoms with Crippen molar-refractivity contribution < 1.29 is 5.11 Å². The van der Waals surface area contributed by atoms with Gasteiger partial charge in [-0.05, 0) is 11.1 Å². The largest absolute Gasteiger partial charge is 0.385 e. The van der Waals surface area contributed by atoms with E-state index in [1.54, 1.807) is 6.20 Å². The highest BCUT2D eigenvalue weighted by Crippen LogP contribution is 2.29. The van der Waals surface area contributed by atoms with E-state index < -0.39 is 6.10 Å². The van der Waals surface area contributed by atoms with Crippen LogP contribution in [0.15, 0.2) is 97.2 Å². The molecule has 1 aromatic heterocycles. The Morgan fingerprint density at radius 3 is 1.88 bits per heavy atom. The van der Waals surface area contributed by atoms with E-state index in [0.29, 0.717) is 6.54 Å². The molecule has 1 aliphatic rings. The second-order valence-corrected chi connectivity index (χ2v) is 8.63. The lowest BCUT2D eigenvalue weighted by Gasteiger charge is -2.40. The van der Waals surface area contributed by atoms with Crippen LogP contribution in [0.4, 0.5) is 0 Å². The van der Waals surface area contributed by atoms with E-state index >= 15 is 0 Å². The Balaban J connectivity index is 1.23. The number of rotatable bonds is 7. The molecule has 3 aromatic carbocycles. The second-order valence-electron chi connectivity index (χ2n) is 8.63. The summed E-state index contributed by atoms with van der Waals surface area (Å²) in [6.45, 7) is 4.37. The van der Waals surface area contributed by atoms with E-state index in [4.69, 9.17) is 0 Å². The van der Waals surface area contributed by atoms with Crippen LogP contribution >= 0.6 is 0 Å². The Bertz CT molecular complexity index is 1080. The van der Waals surface area contributed by atoms with Crippen LogP contribution in [0.3, 0.4) is 0 Å². The number of imidazole rings is 1. The molecule has 2 N–H and O–H groups in total. The van der Waals surface area contributed by atoms with Crippen LogP contribution in [0.1, 0.15) is 29.0 Å². The summed E-state index contributed by atoms with van der Waals surface area (Å²) in [5, 5.41) is 10.8. The highest BCUT2D eigenvalue weighted by atomic mass is 16.3. The molecule has 0 bridgehead atoms. The summed E-state index contributed by atoms with van der Waals surface area (Å²) in [7, 11) is 0. The number of hydrogen-bond donors (Lipinski definition) is 2. The van der Waals surface area contributed by atoms with Gasteiger partial charge in [0, 0.05) is 38.3 Å². The van der Waals surface area contributed by atoms with Crippen LogP contribution in [-0.4, -0.2) is 57.6 Å². The third-order valence-electron chi connectivity index (χ3n) is 6.44. The van der Waals surface area contributed by atoms with Gasteiger partial charge in [0.1, 0.15) is 11.9 Å². The Morgan fingerprint density at radius 1 is 0.758 bits per heavy atom. The summed E-state index contributed by atoms with van der Waals surface area (Å²) in [6.07, 6.45) is 1.17. The lowest BCUT2D eigenvalue weighted by atomic mass is 9.96. The summed E-state index contributed by atoms with van der Waals surface area (Å²) in [5.41, 5.74) is 4.44. The fourth-order valence-electron chi connectivity index (χ4n) is 4.68. The number of benzene rings is 3. The highest BCUT2D eigenvalue weighted by Gasteiger charge is 2.27. The average molecular weight is 439 g/mol. The maximum atomic E-state index is 10.8. The SMILES string of the molecule is OC(CN1CCN(C(c2ccccc2)c2ccccc2)CC1)c1cnc(-c2ccccc2)[nH]1. The molecule has 5 heteroatoms. The minimum atomic E-state index is -0.583. The third-order valence-corrected chi connectivity index (χ3v) is 6.44. The molecule has 168 valence electrons. The van der Waals surface area contributed by atoms with Crippen LogP contribution in [0.5, 0.6) is 0 Å². The lowest BCUT2D eigenvalue weighted by molar-refractivity contribution is 0.0608. The van der Waals surface area contributed by atoms with Gasteiger partial charge in [-0.3, -0.25) is 9.80 Å². The Labute approximate surface area is 195 Å². The number of H-pyrrole nitrogens is 1. The fourth-order valence-corrected chi connectivity index (χ4v) is 4.68. The first-order valence-electron chi connectivity index (χ1n) is 11.6. The quantitative estimate of drug-likeness (QED) is 0.446. The van der Waals surface area contributed by atoms with Crippen LogP contribution in [0.25, 0.3) is 11.4 Å². The van der Waals surface area contributed by atoms with Gasteiger partial charge in [0.25, 0.3) is 0 Å². The number of nitrogens with zero attached hydrogens (tertiary/aromatic N) is 3. The molecule has 0 amide bonds. The molecule has 0 aliphatic carbocycles. The molecule has 0 spiro atoms. The van der Waals surface area contributed by atoms with Crippen molar-refractivity contribution in [2.24, 2.45) is 0 Å². The lowest BCUT2D eigenvalue weighted by Crippen LogP contribution is -2.48. The molecular formula is C28H30N4O. The Hall–Kier alpha value is -3.25. The molecule has 4 aromatic rings. The first-order valence-corrected chi connectivity index (χ1v) is 11.6. The van der Waals surface area contributed by atoms with Crippen molar-refractivity contribution in [1.29, 1.82) is 0 Å². The van der Waals surface area contributed by atoms with Gasteiger partial charge >= 0.3 is 0 Å². The minimum Gasteiger partial charge on any atom is -0.385 e. The molecule has 1 saturated heterocycles. The van der Waals surface area contributed by atoms with E-state index in [2.05, 4.69) is 80.4 Å². The monoisotopic (exact) mass is 438 g/mol. The van der Waals surface area contributed by atoms with Crippen molar-refractivity contribution in [3.05, 3.63) is 114 Å². The van der Waals surface area contributed by atoms with Gasteiger partial charge in [0.05, 0.1) is 17.9 Å². The molecule has 1 unspecified atom stereocenters. The van der Waals surface area contributed by atoms with Gasteiger partial charge in [-0.1, -0.05) is 91.0 Å². The van der Waals surface area contributed by atoms with E-state index in [1.165, 1.54) is 11.1 Å². The van der Waals surface area contributed by atoms with Crippen molar-refractivity contribution in [3.63, 3.8) is 0 Å². The van der Waals surface area contributed by atoms with Gasteiger partial charge in [-0.2, -0.15) is 0 Å². The molecule has 1 fully saturated rings. The number of aliphatic hydroxyl groups excluding tert-OH is 1. The number of hydrogen-bond acceptors (Lipinski definition) is 4. The standard InChI is InChI=1S/C28H30N4O/c33-26(25-20-29-28(30-25)24-14-8-3-9-15-24)21-31-16-18-32(19-17-31)27(22-10-4-1-5-11-22)23-12-6-2-7-13-23/h1-15,20,26-27,33H,16-19,21H2,(H,29,30). The Kier molecular flexibility index (Phi) is 6.63. The van der Waals surface area contributed by atoms with Crippen LogP contribution < -0.4 is 0 Å². The first kappa shape index (κ1) is 21.6. The molecule has 0 radical (unpaired) electrons. The van der Waals surface area contributed by atoms with Crippen LogP contribution in [-0.2, 0) is 0 Å². The number of aromatic amines is 1. The average Bonchev–Trinajstić information content (AvgIpc) is 3.38. The topological polar surface area (TPSA) is 55.4 Å². The maximum absolute atomic E-state index is 10.8. The van der Waals surface area contributed by atoms with Crippen molar-refractivity contribution in [1.82, 2.24) is 19.8 Å². The smallest absolute Gasteiger partial charge is 0.137 e. The summed E-state index contributed by atoms with van der Waals surface area (Å²) >= 11 is 0. The number of aliphatic hydroxyl groups is 1. The summed E-state index contributed by atoms with van der Waals surface area (Å²) in [4.78, 5) is 12.6. The zero-order valence-electron chi connectivity index (χ0n) is 18.7. The van der Waals surface area contributed by atoms with Crippen molar-refractivity contribution >= 4 is 0 Å². The van der Waals surface area contributed by atoms with Crippen molar-refractivity contribution in [2.75, 3.05) is 32.7 Å². The van der Waals surface area contributed by atoms with Crippen LogP contribution in [0.2, 0.25) is 0 Å². The van der Waals surface area contributed by atoms with Gasteiger partial charge in [0.2, 0.25) is 0 Å². The minimum absolute atomic E-state index is 0.250. The molecule has 33 heavy (non-hydrogen) atoms.